The van der Waals surface area contributed by atoms with Gasteiger partial charge in [-0.3, -0.25) is 4.79 Å². The first-order valence-corrected chi connectivity index (χ1v) is 8.86. The van der Waals surface area contributed by atoms with Crippen LogP contribution in [-0.4, -0.2) is 46.1 Å². The van der Waals surface area contributed by atoms with E-state index >= 15 is 0 Å². The molecule has 0 N–H and O–H groups in total. The average Bonchev–Trinajstić information content (AvgIpc) is 3.29. The fraction of sp³-hybridized carbons (Fsp3) is 0.294. The number of carbonyl (C=O) groups excluding carboxylic acids is 1. The van der Waals surface area contributed by atoms with Crippen LogP contribution in [0.2, 0.25) is 0 Å². The minimum Gasteiger partial charge on any atom is -0.479 e. The third-order valence-corrected chi connectivity index (χ3v) is 4.96. The van der Waals surface area contributed by atoms with Crippen molar-refractivity contribution in [1.82, 2.24) is 20.0 Å². The molecule has 7 nitrogen and oxygen atoms in total. The van der Waals surface area contributed by atoms with E-state index in [-0.39, 0.29) is 11.7 Å². The van der Waals surface area contributed by atoms with Crippen LogP contribution in [-0.2, 0) is 12.8 Å². The van der Waals surface area contributed by atoms with Crippen LogP contribution in [0, 0.1) is 0 Å². The van der Waals surface area contributed by atoms with E-state index in [9.17, 15) is 4.79 Å². The number of hydrogen-bond acceptors (Lipinski definition) is 7. The zero-order valence-electron chi connectivity index (χ0n) is 13.6. The number of hydrogen-bond donors (Lipinski definition) is 0. The van der Waals surface area contributed by atoms with Crippen molar-refractivity contribution in [3.63, 3.8) is 0 Å². The molecule has 0 atom stereocenters. The molecule has 4 heterocycles. The molecule has 0 radical (unpaired) electrons. The molecular formula is C17H16N4O3S. The molecule has 1 aliphatic heterocycles. The zero-order chi connectivity index (χ0) is 17.2. The van der Waals surface area contributed by atoms with Crippen molar-refractivity contribution in [2.45, 2.75) is 12.8 Å². The van der Waals surface area contributed by atoms with Crippen LogP contribution in [0.25, 0.3) is 11.3 Å². The Kier molecular flexibility index (Phi) is 4.19. The first kappa shape index (κ1) is 15.8. The summed E-state index contributed by atoms with van der Waals surface area (Å²) < 4.78 is 10.1. The first-order valence-electron chi connectivity index (χ1n) is 7.91. The van der Waals surface area contributed by atoms with Gasteiger partial charge < -0.3 is 14.2 Å². The van der Waals surface area contributed by atoms with Gasteiger partial charge in [-0.2, -0.15) is 11.3 Å². The van der Waals surface area contributed by atoms with Crippen LogP contribution in [0.1, 0.15) is 21.8 Å². The molecule has 0 unspecified atom stereocenters. The quantitative estimate of drug-likeness (QED) is 0.717. The lowest BCUT2D eigenvalue weighted by molar-refractivity contribution is 0.0720. The Morgan fingerprint density at radius 2 is 2.20 bits per heavy atom. The Labute approximate surface area is 148 Å². The normalized spacial score (nSPS) is 14.0. The van der Waals surface area contributed by atoms with Crippen LogP contribution in [0.4, 0.5) is 0 Å². The molecule has 3 aromatic rings. The van der Waals surface area contributed by atoms with Crippen molar-refractivity contribution in [2.75, 3.05) is 20.2 Å². The largest absolute Gasteiger partial charge is 0.479 e. The fourth-order valence-corrected chi connectivity index (χ4v) is 3.63. The van der Waals surface area contributed by atoms with Gasteiger partial charge >= 0.3 is 0 Å². The first-order chi connectivity index (χ1) is 12.3. The third kappa shape index (κ3) is 3.00. The van der Waals surface area contributed by atoms with Gasteiger partial charge in [0.1, 0.15) is 6.33 Å². The molecule has 0 spiro atoms. The minimum absolute atomic E-state index is 0.186. The second-order valence-electron chi connectivity index (χ2n) is 5.69. The third-order valence-electron chi connectivity index (χ3n) is 4.28. The van der Waals surface area contributed by atoms with Gasteiger partial charge in [-0.05, 0) is 23.0 Å². The number of nitrogens with zero attached hydrogens (tertiary/aromatic N) is 4. The molecule has 0 aliphatic carbocycles. The van der Waals surface area contributed by atoms with Crippen molar-refractivity contribution in [1.29, 1.82) is 0 Å². The zero-order valence-corrected chi connectivity index (χ0v) is 14.5. The van der Waals surface area contributed by atoms with E-state index in [4.69, 9.17) is 9.26 Å². The monoisotopic (exact) mass is 356 g/mol. The molecule has 8 heteroatoms. The minimum atomic E-state index is -0.186. The predicted octanol–water partition coefficient (Wildman–Crippen LogP) is 2.44. The molecule has 0 saturated carbocycles. The smallest absolute Gasteiger partial charge is 0.292 e. The van der Waals surface area contributed by atoms with E-state index in [1.165, 1.54) is 13.2 Å². The summed E-state index contributed by atoms with van der Waals surface area (Å²) in [6, 6.07) is 3.57. The van der Waals surface area contributed by atoms with Crippen molar-refractivity contribution in [3.8, 4) is 17.1 Å². The van der Waals surface area contributed by atoms with Gasteiger partial charge in [0.05, 0.1) is 18.9 Å². The maximum absolute atomic E-state index is 12.6. The van der Waals surface area contributed by atoms with Gasteiger partial charge in [0.15, 0.2) is 0 Å². The summed E-state index contributed by atoms with van der Waals surface area (Å²) in [6.45, 7) is 1.16. The van der Waals surface area contributed by atoms with Gasteiger partial charge in [-0.25, -0.2) is 9.97 Å². The molecule has 3 aromatic heterocycles. The molecule has 0 saturated heterocycles. The average molecular weight is 356 g/mol. The van der Waals surface area contributed by atoms with Crippen LogP contribution in [0.15, 0.2) is 33.7 Å². The summed E-state index contributed by atoms with van der Waals surface area (Å²) in [5.74, 6) is 0.299. The molecule has 0 bridgehead atoms. The molecule has 25 heavy (non-hydrogen) atoms. The van der Waals surface area contributed by atoms with E-state index in [0.29, 0.717) is 31.8 Å². The number of aromatic nitrogens is 3. The Balaban J connectivity index is 1.58. The molecule has 1 aliphatic rings. The highest BCUT2D eigenvalue weighted by atomic mass is 32.1. The number of ether oxygens (including phenoxy) is 1. The summed E-state index contributed by atoms with van der Waals surface area (Å²) >= 11 is 1.64. The number of carbonyl (C=O) groups is 1. The molecule has 4 rings (SSSR count). The number of thiophene rings is 1. The Morgan fingerprint density at radius 3 is 2.96 bits per heavy atom. The number of methoxy groups -OCH3 is 1. The molecular weight excluding hydrogens is 340 g/mol. The standard InChI is InChI=1S/C17H16N4O3S/c1-23-15-8-14(24-20-15)17(22)21-5-2-12-13(3-6-21)18-10-19-16(12)11-4-7-25-9-11/h4,7-10H,2-3,5-6H2,1H3. The lowest BCUT2D eigenvalue weighted by Gasteiger charge is -2.18. The van der Waals surface area contributed by atoms with Crippen LogP contribution < -0.4 is 4.74 Å². The number of rotatable bonds is 3. The van der Waals surface area contributed by atoms with Crippen molar-refractivity contribution >= 4 is 17.2 Å². The van der Waals surface area contributed by atoms with Crippen molar-refractivity contribution in [3.05, 3.63) is 46.2 Å². The highest BCUT2D eigenvalue weighted by molar-refractivity contribution is 7.08. The van der Waals surface area contributed by atoms with E-state index in [2.05, 4.69) is 26.6 Å². The number of amides is 1. The highest BCUT2D eigenvalue weighted by Gasteiger charge is 2.25. The molecule has 0 fully saturated rings. The second-order valence-corrected chi connectivity index (χ2v) is 6.47. The Bertz CT molecular complexity index is 891. The van der Waals surface area contributed by atoms with E-state index in [0.717, 1.165) is 22.5 Å². The highest BCUT2D eigenvalue weighted by Crippen LogP contribution is 2.27. The predicted molar refractivity (Wildman–Crippen MR) is 91.7 cm³/mol. The molecule has 128 valence electrons. The summed E-state index contributed by atoms with van der Waals surface area (Å²) in [5, 5.41) is 7.81. The van der Waals surface area contributed by atoms with Crippen LogP contribution in [0.5, 0.6) is 5.88 Å². The van der Waals surface area contributed by atoms with E-state index in [1.807, 2.05) is 5.38 Å². The Hall–Kier alpha value is -2.74. The van der Waals surface area contributed by atoms with E-state index in [1.54, 1.807) is 22.6 Å². The summed E-state index contributed by atoms with van der Waals surface area (Å²) in [7, 11) is 1.49. The summed E-state index contributed by atoms with van der Waals surface area (Å²) in [4.78, 5) is 23.3. The summed E-state index contributed by atoms with van der Waals surface area (Å²) in [6.07, 6.45) is 3.00. The van der Waals surface area contributed by atoms with Crippen LogP contribution >= 0.6 is 11.3 Å². The maximum atomic E-state index is 12.6. The van der Waals surface area contributed by atoms with Gasteiger partial charge in [0.25, 0.3) is 11.8 Å². The lowest BCUT2D eigenvalue weighted by atomic mass is 10.0. The van der Waals surface area contributed by atoms with Crippen LogP contribution in [0.3, 0.4) is 0 Å². The SMILES string of the molecule is COc1cc(C(=O)N2CCc3ncnc(-c4ccsc4)c3CC2)on1. The Morgan fingerprint density at radius 1 is 1.32 bits per heavy atom. The number of fused-ring (bicyclic) bond motifs is 1. The topological polar surface area (TPSA) is 81.4 Å². The van der Waals surface area contributed by atoms with Gasteiger partial charge in [0.2, 0.25) is 5.76 Å². The lowest BCUT2D eigenvalue weighted by Crippen LogP contribution is -2.33. The maximum Gasteiger partial charge on any atom is 0.292 e. The fourth-order valence-electron chi connectivity index (χ4n) is 2.99. The molecule has 0 aromatic carbocycles. The van der Waals surface area contributed by atoms with Gasteiger partial charge in [-0.15, -0.1) is 0 Å². The second kappa shape index (κ2) is 6.64. The van der Waals surface area contributed by atoms with Gasteiger partial charge in [-0.1, -0.05) is 0 Å². The van der Waals surface area contributed by atoms with E-state index < -0.39 is 0 Å². The van der Waals surface area contributed by atoms with Crippen molar-refractivity contribution in [2.24, 2.45) is 0 Å². The van der Waals surface area contributed by atoms with Crippen molar-refractivity contribution < 1.29 is 14.1 Å². The molecule has 1 amide bonds. The van der Waals surface area contributed by atoms with Gasteiger partial charge in [0, 0.05) is 41.7 Å². The summed E-state index contributed by atoms with van der Waals surface area (Å²) in [5.41, 5.74) is 4.18.